The number of hydrogen-bond donors (Lipinski definition) is 2. The number of aromatic nitrogens is 1. The monoisotopic (exact) mass is 321 g/mol. The summed E-state index contributed by atoms with van der Waals surface area (Å²) in [6.07, 6.45) is 0. The topological polar surface area (TPSA) is 88.3 Å². The molecule has 116 valence electrons. The first kappa shape index (κ1) is 16.2. The summed E-state index contributed by atoms with van der Waals surface area (Å²) in [5.41, 5.74) is -0.196. The maximum atomic E-state index is 10.8. The van der Waals surface area contributed by atoms with E-state index in [1.807, 2.05) is 0 Å². The Morgan fingerprint density at radius 1 is 1.41 bits per heavy atom. The number of rotatable bonds is 5. The van der Waals surface area contributed by atoms with Crippen molar-refractivity contribution in [3.8, 4) is 0 Å². The van der Waals surface area contributed by atoms with E-state index in [9.17, 15) is 15.2 Å². The van der Waals surface area contributed by atoms with Crippen LogP contribution < -0.4 is 5.32 Å². The molecule has 1 heterocycles. The molecule has 0 amide bonds. The number of nitrogens with zero attached hydrogens (tertiary/aromatic N) is 2. The van der Waals surface area contributed by atoms with Crippen molar-refractivity contribution in [1.82, 2.24) is 4.98 Å². The summed E-state index contributed by atoms with van der Waals surface area (Å²) < 4.78 is 0. The smallest absolute Gasteiger partial charge is 0.290 e. The van der Waals surface area contributed by atoms with Crippen LogP contribution in [0.5, 0.6) is 0 Å². The van der Waals surface area contributed by atoms with Crippen LogP contribution >= 0.6 is 11.6 Å². The molecule has 0 aliphatic rings. The summed E-state index contributed by atoms with van der Waals surface area (Å²) in [6, 6.07) is 9.87. The number of nitrogens with one attached hydrogen (secondary N) is 1. The maximum Gasteiger partial charge on any atom is 0.290 e. The van der Waals surface area contributed by atoms with E-state index in [0.717, 1.165) is 0 Å². The van der Waals surface area contributed by atoms with Gasteiger partial charge in [-0.15, -0.1) is 0 Å². The van der Waals surface area contributed by atoms with Gasteiger partial charge >= 0.3 is 0 Å². The van der Waals surface area contributed by atoms with Crippen molar-refractivity contribution >= 4 is 23.1 Å². The van der Waals surface area contributed by atoms with Crippen molar-refractivity contribution < 1.29 is 10.0 Å². The third-order valence-electron chi connectivity index (χ3n) is 3.31. The number of nitro groups is 1. The lowest BCUT2D eigenvalue weighted by Gasteiger charge is -2.24. The zero-order chi connectivity index (χ0) is 16.3. The van der Waals surface area contributed by atoms with Gasteiger partial charge in [0.05, 0.1) is 4.92 Å². The van der Waals surface area contributed by atoms with Gasteiger partial charge in [0.25, 0.3) is 5.69 Å². The fourth-order valence-electron chi connectivity index (χ4n) is 2.03. The first-order chi connectivity index (χ1) is 10.3. The van der Waals surface area contributed by atoms with Gasteiger partial charge in [-0.1, -0.05) is 23.7 Å². The third kappa shape index (κ3) is 3.72. The molecule has 0 fully saturated rings. The average molecular weight is 322 g/mol. The molecule has 2 N–H and O–H groups in total. The summed E-state index contributed by atoms with van der Waals surface area (Å²) in [4.78, 5) is 14.4. The number of aryl methyl sites for hydroxylation is 1. The van der Waals surface area contributed by atoms with E-state index in [-0.39, 0.29) is 12.2 Å². The Balaban J connectivity index is 2.12. The highest BCUT2D eigenvalue weighted by molar-refractivity contribution is 6.30. The first-order valence-electron chi connectivity index (χ1n) is 6.64. The van der Waals surface area contributed by atoms with Crippen LogP contribution in [0.15, 0.2) is 36.4 Å². The highest BCUT2D eigenvalue weighted by Crippen LogP contribution is 2.24. The molecule has 0 saturated heterocycles. The van der Waals surface area contributed by atoms with Gasteiger partial charge in [-0.25, -0.2) is 4.98 Å². The van der Waals surface area contributed by atoms with Crippen molar-refractivity contribution in [3.05, 3.63) is 62.8 Å². The van der Waals surface area contributed by atoms with Crippen LogP contribution in [0.1, 0.15) is 18.2 Å². The van der Waals surface area contributed by atoms with Crippen LogP contribution in [-0.4, -0.2) is 21.6 Å². The average Bonchev–Trinajstić information content (AvgIpc) is 2.45. The highest BCUT2D eigenvalue weighted by Gasteiger charge is 2.23. The van der Waals surface area contributed by atoms with Crippen LogP contribution in [0.3, 0.4) is 0 Å². The predicted octanol–water partition coefficient (Wildman–Crippen LogP) is 3.27. The molecule has 0 saturated carbocycles. The largest absolute Gasteiger partial charge is 0.384 e. The summed E-state index contributed by atoms with van der Waals surface area (Å²) in [6.45, 7) is 3.42. The Labute approximate surface area is 132 Å². The Bertz CT molecular complexity index is 704. The maximum absolute atomic E-state index is 10.8. The molecule has 1 aromatic heterocycles. The molecule has 0 bridgehead atoms. The van der Waals surface area contributed by atoms with Gasteiger partial charge in [0.15, 0.2) is 0 Å². The SMILES string of the molecule is Cc1nc(NCC(C)(O)c2cccc(Cl)c2)ccc1[N+](=O)[O-]. The van der Waals surface area contributed by atoms with E-state index in [0.29, 0.717) is 22.1 Å². The lowest BCUT2D eigenvalue weighted by molar-refractivity contribution is -0.385. The summed E-state index contributed by atoms with van der Waals surface area (Å²) >= 11 is 5.93. The van der Waals surface area contributed by atoms with Crippen LogP contribution in [0, 0.1) is 17.0 Å². The number of anilines is 1. The van der Waals surface area contributed by atoms with E-state index in [1.165, 1.54) is 12.1 Å². The normalized spacial score (nSPS) is 13.5. The van der Waals surface area contributed by atoms with E-state index >= 15 is 0 Å². The van der Waals surface area contributed by atoms with Gasteiger partial charge in [0, 0.05) is 17.6 Å². The predicted molar refractivity (Wildman–Crippen MR) is 85.1 cm³/mol. The van der Waals surface area contributed by atoms with Gasteiger partial charge in [0.1, 0.15) is 17.1 Å². The van der Waals surface area contributed by atoms with Gasteiger partial charge in [-0.2, -0.15) is 0 Å². The molecule has 0 radical (unpaired) electrons. The molecular formula is C15H16ClN3O3. The summed E-state index contributed by atoms with van der Waals surface area (Å²) in [7, 11) is 0. The molecule has 1 unspecified atom stereocenters. The third-order valence-corrected chi connectivity index (χ3v) is 3.55. The second kappa shape index (κ2) is 6.29. The molecule has 1 atom stereocenters. The number of benzene rings is 1. The van der Waals surface area contributed by atoms with Crippen molar-refractivity contribution in [2.45, 2.75) is 19.4 Å². The van der Waals surface area contributed by atoms with E-state index in [2.05, 4.69) is 10.3 Å². The van der Waals surface area contributed by atoms with Crippen LogP contribution in [0.25, 0.3) is 0 Å². The molecule has 2 rings (SSSR count). The first-order valence-corrected chi connectivity index (χ1v) is 7.02. The summed E-state index contributed by atoms with van der Waals surface area (Å²) in [5.74, 6) is 0.463. The van der Waals surface area contributed by atoms with Gasteiger partial charge in [-0.05, 0) is 37.6 Å². The fourth-order valence-corrected chi connectivity index (χ4v) is 2.22. The molecule has 22 heavy (non-hydrogen) atoms. The number of aliphatic hydroxyl groups is 1. The van der Waals surface area contributed by atoms with Crippen molar-refractivity contribution in [1.29, 1.82) is 0 Å². The molecule has 1 aromatic carbocycles. The Morgan fingerprint density at radius 2 is 2.14 bits per heavy atom. The van der Waals surface area contributed by atoms with Gasteiger partial charge in [0.2, 0.25) is 0 Å². The second-order valence-corrected chi connectivity index (χ2v) is 5.63. The molecule has 0 aliphatic heterocycles. The van der Waals surface area contributed by atoms with Crippen molar-refractivity contribution in [3.63, 3.8) is 0 Å². The lowest BCUT2D eigenvalue weighted by atomic mass is 9.96. The van der Waals surface area contributed by atoms with Crippen molar-refractivity contribution in [2.75, 3.05) is 11.9 Å². The van der Waals surface area contributed by atoms with Crippen LogP contribution in [0.2, 0.25) is 5.02 Å². The van der Waals surface area contributed by atoms with Crippen molar-refractivity contribution in [2.24, 2.45) is 0 Å². The fraction of sp³-hybridized carbons (Fsp3) is 0.267. The lowest BCUT2D eigenvalue weighted by Crippen LogP contribution is -2.31. The Hall–Kier alpha value is -2.18. The van der Waals surface area contributed by atoms with Crippen LogP contribution in [0.4, 0.5) is 11.5 Å². The van der Waals surface area contributed by atoms with Gasteiger partial charge in [-0.3, -0.25) is 10.1 Å². The molecule has 7 heteroatoms. The van der Waals surface area contributed by atoms with E-state index in [4.69, 9.17) is 11.6 Å². The molecular weight excluding hydrogens is 306 g/mol. The molecule has 0 aliphatic carbocycles. The quantitative estimate of drug-likeness (QED) is 0.651. The minimum atomic E-state index is -1.15. The minimum absolute atomic E-state index is 0.0350. The van der Waals surface area contributed by atoms with E-state index in [1.54, 1.807) is 38.1 Å². The zero-order valence-corrected chi connectivity index (χ0v) is 13.0. The van der Waals surface area contributed by atoms with Gasteiger partial charge < -0.3 is 10.4 Å². The molecule has 6 nitrogen and oxygen atoms in total. The standard InChI is InChI=1S/C15H16ClN3O3/c1-10-13(19(21)22)6-7-14(18-10)17-9-15(2,20)11-4-3-5-12(16)8-11/h3-8,20H,9H2,1-2H3,(H,17,18). The second-order valence-electron chi connectivity index (χ2n) is 5.20. The Kier molecular flexibility index (Phi) is 4.63. The molecule has 0 spiro atoms. The summed E-state index contributed by atoms with van der Waals surface area (Å²) in [5, 5.41) is 24.8. The zero-order valence-electron chi connectivity index (χ0n) is 12.2. The van der Waals surface area contributed by atoms with Crippen LogP contribution in [-0.2, 0) is 5.60 Å². The van der Waals surface area contributed by atoms with E-state index < -0.39 is 10.5 Å². The minimum Gasteiger partial charge on any atom is -0.384 e. The number of hydrogen-bond acceptors (Lipinski definition) is 5. The number of pyridine rings is 1. The highest BCUT2D eigenvalue weighted by atomic mass is 35.5. The molecule has 2 aromatic rings. The number of halogens is 1. The Morgan fingerprint density at radius 3 is 2.73 bits per heavy atom.